The summed E-state index contributed by atoms with van der Waals surface area (Å²) in [6.45, 7) is 10.0. The molecule has 0 saturated carbocycles. The number of benzene rings is 1. The summed E-state index contributed by atoms with van der Waals surface area (Å²) in [6, 6.07) is 8.21. The van der Waals surface area contributed by atoms with E-state index in [0.717, 1.165) is 49.7 Å². The third-order valence-electron chi connectivity index (χ3n) is 5.84. The van der Waals surface area contributed by atoms with Gasteiger partial charge in [0.05, 0.1) is 6.10 Å². The average Bonchev–Trinajstić information content (AvgIpc) is 3.14. The van der Waals surface area contributed by atoms with Gasteiger partial charge in [0, 0.05) is 51.3 Å². The van der Waals surface area contributed by atoms with Gasteiger partial charge < -0.3 is 20.3 Å². The first-order valence-corrected chi connectivity index (χ1v) is 10.8. The molecule has 1 amide bonds. The van der Waals surface area contributed by atoms with Gasteiger partial charge in [-0.2, -0.15) is 0 Å². The maximum atomic E-state index is 11.9. The first-order chi connectivity index (χ1) is 13.9. The highest BCUT2D eigenvalue weighted by Crippen LogP contribution is 2.33. The molecule has 0 aromatic heterocycles. The van der Waals surface area contributed by atoms with Crippen molar-refractivity contribution in [3.05, 3.63) is 29.8 Å². The van der Waals surface area contributed by atoms with Crippen molar-refractivity contribution in [2.45, 2.75) is 59.1 Å². The largest absolute Gasteiger partial charge is 0.377 e. The van der Waals surface area contributed by atoms with Crippen LogP contribution in [0.2, 0.25) is 0 Å². The third-order valence-corrected chi connectivity index (χ3v) is 5.84. The van der Waals surface area contributed by atoms with Crippen molar-refractivity contribution < 1.29 is 9.53 Å². The number of nitrogens with zero attached hydrogens (tertiary/aromatic N) is 2. The van der Waals surface area contributed by atoms with Crippen molar-refractivity contribution >= 4 is 41.5 Å². The van der Waals surface area contributed by atoms with Crippen molar-refractivity contribution in [3.63, 3.8) is 0 Å². The molecule has 7 heteroatoms. The van der Waals surface area contributed by atoms with Crippen LogP contribution in [0.15, 0.2) is 29.3 Å². The summed E-state index contributed by atoms with van der Waals surface area (Å²) in [6.07, 6.45) is 4.18. The van der Waals surface area contributed by atoms with Crippen LogP contribution in [0.4, 0.5) is 5.69 Å². The lowest BCUT2D eigenvalue weighted by atomic mass is 9.78. The fourth-order valence-electron chi connectivity index (χ4n) is 4.36. The standard InChI is InChI=1S/C23H36N4O2.HI/c1-23(2,3)21-18(7-6-14-29-21)16-26-22(24-4)25-15-17-9-11-19(12-10-17)27-13-5-8-20(27)28;/h9-12,18,21H,5-8,13-16H2,1-4H3,(H2,24,25,26);1H. The Labute approximate surface area is 198 Å². The maximum absolute atomic E-state index is 11.9. The zero-order valence-corrected chi connectivity index (χ0v) is 21.1. The number of carbonyl (C=O) groups is 1. The summed E-state index contributed by atoms with van der Waals surface area (Å²) in [7, 11) is 1.80. The van der Waals surface area contributed by atoms with Crippen LogP contribution in [-0.2, 0) is 16.1 Å². The summed E-state index contributed by atoms with van der Waals surface area (Å²) < 4.78 is 6.08. The van der Waals surface area contributed by atoms with Crippen LogP contribution in [0.3, 0.4) is 0 Å². The number of guanidine groups is 1. The second-order valence-corrected chi connectivity index (χ2v) is 9.18. The van der Waals surface area contributed by atoms with Crippen LogP contribution in [0.25, 0.3) is 0 Å². The molecule has 6 nitrogen and oxygen atoms in total. The van der Waals surface area contributed by atoms with Gasteiger partial charge in [0.1, 0.15) is 0 Å². The maximum Gasteiger partial charge on any atom is 0.227 e. The second kappa shape index (κ2) is 11.3. The van der Waals surface area contributed by atoms with Gasteiger partial charge in [-0.05, 0) is 42.4 Å². The van der Waals surface area contributed by atoms with Crippen LogP contribution in [0, 0.1) is 11.3 Å². The van der Waals surface area contributed by atoms with E-state index in [2.05, 4.69) is 48.5 Å². The Morgan fingerprint density at radius 2 is 1.93 bits per heavy atom. The Hall–Kier alpha value is -1.35. The number of aliphatic imine (C=N–C) groups is 1. The molecule has 2 fully saturated rings. The van der Waals surface area contributed by atoms with Crippen LogP contribution >= 0.6 is 24.0 Å². The molecule has 0 bridgehead atoms. The molecule has 2 atom stereocenters. The number of hydrogen-bond acceptors (Lipinski definition) is 3. The van der Waals surface area contributed by atoms with Crippen molar-refractivity contribution in [1.29, 1.82) is 0 Å². The Kier molecular flexibility index (Phi) is 9.40. The Balaban J connectivity index is 0.00000320. The molecule has 0 radical (unpaired) electrons. The van der Waals surface area contributed by atoms with Crippen molar-refractivity contribution in [2.75, 3.05) is 31.6 Å². The number of nitrogens with one attached hydrogen (secondary N) is 2. The van der Waals surface area contributed by atoms with E-state index in [1.54, 1.807) is 7.05 Å². The van der Waals surface area contributed by atoms with Gasteiger partial charge in [0.2, 0.25) is 5.91 Å². The predicted octanol–water partition coefficient (Wildman–Crippen LogP) is 3.94. The van der Waals surface area contributed by atoms with Gasteiger partial charge in [0.25, 0.3) is 0 Å². The minimum absolute atomic E-state index is 0. The number of carbonyl (C=O) groups excluding carboxylic acids is 1. The molecule has 3 rings (SSSR count). The summed E-state index contributed by atoms with van der Waals surface area (Å²) in [5.74, 6) is 1.52. The Morgan fingerprint density at radius 3 is 2.53 bits per heavy atom. The number of rotatable bonds is 5. The second-order valence-electron chi connectivity index (χ2n) is 9.18. The molecule has 168 valence electrons. The molecule has 2 aliphatic rings. The van der Waals surface area contributed by atoms with Gasteiger partial charge in [0.15, 0.2) is 5.96 Å². The fraction of sp³-hybridized carbons (Fsp3) is 0.652. The Bertz CT molecular complexity index is 715. The molecule has 0 aliphatic carbocycles. The molecule has 1 aromatic rings. The lowest BCUT2D eigenvalue weighted by Gasteiger charge is -2.40. The van der Waals surface area contributed by atoms with E-state index in [-0.39, 0.29) is 41.4 Å². The molecule has 2 N–H and O–H groups in total. The minimum Gasteiger partial charge on any atom is -0.377 e. The SMILES string of the molecule is CN=C(NCc1ccc(N2CCCC2=O)cc1)NCC1CCCOC1C(C)(C)C.I. The monoisotopic (exact) mass is 528 g/mol. The van der Waals surface area contributed by atoms with Crippen LogP contribution in [0.1, 0.15) is 52.0 Å². The third kappa shape index (κ3) is 6.57. The lowest BCUT2D eigenvalue weighted by molar-refractivity contribution is -0.117. The minimum atomic E-state index is 0. The van der Waals surface area contributed by atoms with E-state index in [0.29, 0.717) is 18.9 Å². The normalized spacial score (nSPS) is 22.6. The van der Waals surface area contributed by atoms with Gasteiger partial charge in [-0.15, -0.1) is 24.0 Å². The van der Waals surface area contributed by atoms with Gasteiger partial charge in [-0.25, -0.2) is 0 Å². The highest BCUT2D eigenvalue weighted by molar-refractivity contribution is 14.0. The smallest absolute Gasteiger partial charge is 0.227 e. The molecule has 2 aliphatic heterocycles. The predicted molar refractivity (Wildman–Crippen MR) is 134 cm³/mol. The molecule has 2 heterocycles. The molecular weight excluding hydrogens is 491 g/mol. The molecule has 30 heavy (non-hydrogen) atoms. The van der Waals surface area contributed by atoms with Gasteiger partial charge in [-0.3, -0.25) is 9.79 Å². The summed E-state index contributed by atoms with van der Waals surface area (Å²) in [5, 5.41) is 6.87. The number of amides is 1. The Morgan fingerprint density at radius 1 is 1.20 bits per heavy atom. The molecule has 1 aromatic carbocycles. The number of hydrogen-bond donors (Lipinski definition) is 2. The van der Waals surface area contributed by atoms with Gasteiger partial charge >= 0.3 is 0 Å². The van der Waals surface area contributed by atoms with Crippen molar-refractivity contribution in [2.24, 2.45) is 16.3 Å². The number of halogens is 1. The first kappa shape index (κ1) is 24.9. The van der Waals surface area contributed by atoms with E-state index >= 15 is 0 Å². The average molecular weight is 528 g/mol. The zero-order valence-electron chi connectivity index (χ0n) is 18.7. The number of ether oxygens (including phenoxy) is 1. The highest BCUT2D eigenvalue weighted by Gasteiger charge is 2.35. The van der Waals surface area contributed by atoms with Gasteiger partial charge in [-0.1, -0.05) is 32.9 Å². The van der Waals surface area contributed by atoms with E-state index in [1.807, 2.05) is 17.0 Å². The highest BCUT2D eigenvalue weighted by atomic mass is 127. The topological polar surface area (TPSA) is 66.0 Å². The fourth-order valence-corrected chi connectivity index (χ4v) is 4.36. The van der Waals surface area contributed by atoms with E-state index < -0.39 is 0 Å². The summed E-state index contributed by atoms with van der Waals surface area (Å²) >= 11 is 0. The summed E-state index contributed by atoms with van der Waals surface area (Å²) in [5.41, 5.74) is 2.29. The van der Waals surface area contributed by atoms with Crippen molar-refractivity contribution in [1.82, 2.24) is 10.6 Å². The van der Waals surface area contributed by atoms with E-state index in [9.17, 15) is 4.79 Å². The van der Waals surface area contributed by atoms with Crippen molar-refractivity contribution in [3.8, 4) is 0 Å². The van der Waals surface area contributed by atoms with E-state index in [1.165, 1.54) is 6.42 Å². The first-order valence-electron chi connectivity index (χ1n) is 10.8. The quantitative estimate of drug-likeness (QED) is 0.345. The molecule has 0 spiro atoms. The molecule has 2 unspecified atom stereocenters. The lowest BCUT2D eigenvalue weighted by Crippen LogP contribution is -2.47. The number of anilines is 1. The van der Waals surface area contributed by atoms with Crippen LogP contribution in [-0.4, -0.2) is 44.7 Å². The molecular formula is C23H37IN4O2. The van der Waals surface area contributed by atoms with E-state index in [4.69, 9.17) is 4.74 Å². The van der Waals surface area contributed by atoms with Crippen LogP contribution in [0.5, 0.6) is 0 Å². The van der Waals surface area contributed by atoms with Crippen LogP contribution < -0.4 is 15.5 Å². The zero-order chi connectivity index (χ0) is 20.9. The summed E-state index contributed by atoms with van der Waals surface area (Å²) in [4.78, 5) is 18.1. The molecule has 2 saturated heterocycles.